The summed E-state index contributed by atoms with van der Waals surface area (Å²) in [5.74, 6) is 1.72. The van der Waals surface area contributed by atoms with Crippen molar-refractivity contribution in [2.45, 2.75) is 13.5 Å². The number of thiazole rings is 1. The molecule has 24 heavy (non-hydrogen) atoms. The molecule has 130 valence electrons. The molecule has 1 fully saturated rings. The Morgan fingerprint density at radius 1 is 1.21 bits per heavy atom. The Hall–Kier alpha value is -1.49. The lowest BCUT2D eigenvalue weighted by atomic mass is 10.3. The molecule has 3 rings (SSSR count). The van der Waals surface area contributed by atoms with Crippen molar-refractivity contribution < 1.29 is 0 Å². The molecule has 2 aromatic rings. The predicted molar refractivity (Wildman–Crippen MR) is 108 cm³/mol. The zero-order chi connectivity index (χ0) is 16.1. The Morgan fingerprint density at radius 3 is 2.50 bits per heavy atom. The molecule has 9 heteroatoms. The third-order valence-corrected chi connectivity index (χ3v) is 4.61. The Morgan fingerprint density at radius 2 is 1.92 bits per heavy atom. The van der Waals surface area contributed by atoms with Crippen LogP contribution in [-0.2, 0) is 6.54 Å². The van der Waals surface area contributed by atoms with E-state index in [1.54, 1.807) is 23.7 Å². The summed E-state index contributed by atoms with van der Waals surface area (Å²) in [6, 6.07) is 1.84. The van der Waals surface area contributed by atoms with Gasteiger partial charge >= 0.3 is 0 Å². The maximum absolute atomic E-state index is 4.39. The molecule has 0 amide bonds. The molecule has 0 aromatic carbocycles. The van der Waals surface area contributed by atoms with Crippen molar-refractivity contribution in [1.29, 1.82) is 0 Å². The van der Waals surface area contributed by atoms with Gasteiger partial charge in [0.2, 0.25) is 5.95 Å². The van der Waals surface area contributed by atoms with E-state index in [0.717, 1.165) is 43.1 Å². The summed E-state index contributed by atoms with van der Waals surface area (Å²) in [4.78, 5) is 23.1. The van der Waals surface area contributed by atoms with Crippen molar-refractivity contribution in [2.24, 2.45) is 4.99 Å². The first-order valence-corrected chi connectivity index (χ1v) is 8.47. The first kappa shape index (κ1) is 18.8. The zero-order valence-corrected chi connectivity index (χ0v) is 17.0. The van der Waals surface area contributed by atoms with Crippen LogP contribution < -0.4 is 10.2 Å². The zero-order valence-electron chi connectivity index (χ0n) is 13.8. The molecule has 0 radical (unpaired) electrons. The minimum Gasteiger partial charge on any atom is -0.350 e. The number of nitrogens with one attached hydrogen (secondary N) is 1. The summed E-state index contributed by atoms with van der Waals surface area (Å²) in [5.41, 5.74) is 0. The molecule has 0 saturated carbocycles. The van der Waals surface area contributed by atoms with Crippen molar-refractivity contribution in [1.82, 2.24) is 25.2 Å². The largest absolute Gasteiger partial charge is 0.350 e. The van der Waals surface area contributed by atoms with E-state index in [1.165, 1.54) is 4.88 Å². The highest BCUT2D eigenvalue weighted by Gasteiger charge is 2.21. The molecule has 0 aliphatic carbocycles. The molecule has 3 heterocycles. The smallest absolute Gasteiger partial charge is 0.225 e. The summed E-state index contributed by atoms with van der Waals surface area (Å²) in [7, 11) is 1.82. The Kier molecular flexibility index (Phi) is 7.16. The number of piperazine rings is 1. The quantitative estimate of drug-likeness (QED) is 0.429. The van der Waals surface area contributed by atoms with Crippen LogP contribution in [0.15, 0.2) is 29.6 Å². The van der Waals surface area contributed by atoms with E-state index >= 15 is 0 Å². The van der Waals surface area contributed by atoms with Gasteiger partial charge in [0, 0.05) is 56.7 Å². The van der Waals surface area contributed by atoms with Crippen molar-refractivity contribution in [3.05, 3.63) is 34.5 Å². The van der Waals surface area contributed by atoms with Crippen LogP contribution in [0.5, 0.6) is 0 Å². The molecule has 0 unspecified atom stereocenters. The molecule has 1 aliphatic heterocycles. The van der Waals surface area contributed by atoms with Crippen LogP contribution in [0.3, 0.4) is 0 Å². The second kappa shape index (κ2) is 9.11. The van der Waals surface area contributed by atoms with E-state index in [-0.39, 0.29) is 24.0 Å². The molecule has 0 atom stereocenters. The molecule has 0 spiro atoms. The number of guanidine groups is 1. The lowest BCUT2D eigenvalue weighted by molar-refractivity contribution is 0.370. The third kappa shape index (κ3) is 4.76. The predicted octanol–water partition coefficient (Wildman–Crippen LogP) is 1.76. The minimum absolute atomic E-state index is 0. The molecule has 2 aromatic heterocycles. The monoisotopic (exact) mass is 459 g/mol. The summed E-state index contributed by atoms with van der Waals surface area (Å²) < 4.78 is 0. The van der Waals surface area contributed by atoms with E-state index in [9.17, 15) is 0 Å². The SMILES string of the molecule is CN=C(NCc1ncc(C)s1)N1CCN(c2ncccn2)CC1.I. The fraction of sp³-hybridized carbons (Fsp3) is 0.467. The maximum Gasteiger partial charge on any atom is 0.225 e. The number of rotatable bonds is 3. The third-order valence-electron chi connectivity index (χ3n) is 3.69. The first-order chi connectivity index (χ1) is 11.3. The van der Waals surface area contributed by atoms with Crippen molar-refractivity contribution in [2.75, 3.05) is 38.1 Å². The van der Waals surface area contributed by atoms with Gasteiger partial charge in [0.1, 0.15) is 5.01 Å². The molecular formula is C15H22IN7S. The Balaban J connectivity index is 0.00000208. The molecule has 1 saturated heterocycles. The van der Waals surface area contributed by atoms with Gasteiger partial charge in [-0.1, -0.05) is 0 Å². The van der Waals surface area contributed by atoms with Crippen LogP contribution in [0.25, 0.3) is 0 Å². The normalized spacial score (nSPS) is 15.2. The highest BCUT2D eigenvalue weighted by atomic mass is 127. The van der Waals surface area contributed by atoms with Crippen molar-refractivity contribution >= 4 is 47.2 Å². The number of aliphatic imine (C=N–C) groups is 1. The fourth-order valence-corrected chi connectivity index (χ4v) is 3.27. The Labute approximate surface area is 163 Å². The van der Waals surface area contributed by atoms with Crippen LogP contribution in [0.1, 0.15) is 9.88 Å². The average molecular weight is 459 g/mol. The van der Waals surface area contributed by atoms with Gasteiger partial charge in [-0.3, -0.25) is 4.99 Å². The van der Waals surface area contributed by atoms with Crippen LogP contribution in [-0.4, -0.2) is 59.0 Å². The van der Waals surface area contributed by atoms with Gasteiger partial charge in [-0.15, -0.1) is 35.3 Å². The second-order valence-corrected chi connectivity index (χ2v) is 6.61. The number of hydrogen-bond donors (Lipinski definition) is 1. The van der Waals surface area contributed by atoms with Gasteiger partial charge in [0.15, 0.2) is 5.96 Å². The number of aryl methyl sites for hydroxylation is 1. The second-order valence-electron chi connectivity index (χ2n) is 5.29. The van der Waals surface area contributed by atoms with E-state index in [1.807, 2.05) is 19.3 Å². The number of aromatic nitrogens is 3. The molecule has 1 N–H and O–H groups in total. The van der Waals surface area contributed by atoms with E-state index in [4.69, 9.17) is 0 Å². The first-order valence-electron chi connectivity index (χ1n) is 7.65. The van der Waals surface area contributed by atoms with Crippen molar-refractivity contribution in [3.63, 3.8) is 0 Å². The van der Waals surface area contributed by atoms with Gasteiger partial charge in [0.05, 0.1) is 6.54 Å². The highest BCUT2D eigenvalue weighted by molar-refractivity contribution is 14.0. The van der Waals surface area contributed by atoms with Crippen molar-refractivity contribution in [3.8, 4) is 0 Å². The summed E-state index contributed by atoms with van der Waals surface area (Å²) >= 11 is 1.71. The molecule has 1 aliphatic rings. The standard InChI is InChI=1S/C15H21N7S.HI/c1-12-10-19-13(23-12)11-20-14(16-2)21-6-8-22(9-7-21)15-17-4-3-5-18-15;/h3-5,10H,6-9,11H2,1-2H3,(H,16,20);1H. The summed E-state index contributed by atoms with van der Waals surface area (Å²) in [6.07, 6.45) is 5.47. The Bertz CT molecular complexity index is 653. The number of halogens is 1. The maximum atomic E-state index is 4.39. The highest BCUT2D eigenvalue weighted by Crippen LogP contribution is 2.12. The lowest BCUT2D eigenvalue weighted by Gasteiger charge is -2.36. The molecule has 0 bridgehead atoms. The molecule has 7 nitrogen and oxygen atoms in total. The topological polar surface area (TPSA) is 69.5 Å². The summed E-state index contributed by atoms with van der Waals surface area (Å²) in [5, 5.41) is 4.48. The van der Waals surface area contributed by atoms with Crippen LogP contribution in [0, 0.1) is 6.92 Å². The fourth-order valence-electron chi connectivity index (χ4n) is 2.54. The van der Waals surface area contributed by atoms with Gasteiger partial charge in [-0.25, -0.2) is 15.0 Å². The van der Waals surface area contributed by atoms with Crippen LogP contribution in [0.4, 0.5) is 5.95 Å². The van der Waals surface area contributed by atoms with Gasteiger partial charge in [0.25, 0.3) is 0 Å². The lowest BCUT2D eigenvalue weighted by Crippen LogP contribution is -2.52. The summed E-state index contributed by atoms with van der Waals surface area (Å²) in [6.45, 7) is 6.36. The minimum atomic E-state index is 0. The number of hydrogen-bond acceptors (Lipinski definition) is 6. The number of anilines is 1. The van der Waals surface area contributed by atoms with E-state index in [2.05, 4.69) is 42.0 Å². The number of nitrogens with zero attached hydrogens (tertiary/aromatic N) is 6. The molecular weight excluding hydrogens is 437 g/mol. The van der Waals surface area contributed by atoms with Gasteiger partial charge in [-0.05, 0) is 13.0 Å². The van der Waals surface area contributed by atoms with Crippen LogP contribution >= 0.6 is 35.3 Å². The van der Waals surface area contributed by atoms with E-state index in [0.29, 0.717) is 6.54 Å². The van der Waals surface area contributed by atoms with Crippen LogP contribution in [0.2, 0.25) is 0 Å². The van der Waals surface area contributed by atoms with Gasteiger partial charge < -0.3 is 15.1 Å². The van der Waals surface area contributed by atoms with E-state index < -0.39 is 0 Å². The van der Waals surface area contributed by atoms with Gasteiger partial charge in [-0.2, -0.15) is 0 Å². The average Bonchev–Trinajstić information content (AvgIpc) is 3.02.